The third-order valence-corrected chi connectivity index (χ3v) is 3.15. The molecule has 0 saturated heterocycles. The quantitative estimate of drug-likeness (QED) is 0.886. The lowest BCUT2D eigenvalue weighted by Crippen LogP contribution is -2.15. The molecule has 3 heteroatoms. The first-order valence-electron chi connectivity index (χ1n) is 4.62. The summed E-state index contributed by atoms with van der Waals surface area (Å²) in [4.78, 5) is 0. The van der Waals surface area contributed by atoms with Crippen molar-refractivity contribution in [3.63, 3.8) is 0 Å². The maximum Gasteiger partial charge on any atom is 0.123 e. The molecule has 1 rings (SSSR count). The number of aliphatic hydroxyl groups is 1. The number of aliphatic hydroxyl groups excluding tert-OH is 1. The van der Waals surface area contributed by atoms with Crippen molar-refractivity contribution >= 4 is 15.9 Å². The van der Waals surface area contributed by atoms with Crippen molar-refractivity contribution in [2.24, 2.45) is 5.92 Å². The first kappa shape index (κ1) is 11.7. The summed E-state index contributed by atoms with van der Waals surface area (Å²) in [5.74, 6) is -0.103. The second kappa shape index (κ2) is 4.89. The lowest BCUT2D eigenvalue weighted by atomic mass is 9.97. The molecule has 0 spiro atoms. The number of rotatable bonds is 3. The van der Waals surface area contributed by atoms with Crippen LogP contribution in [0.1, 0.15) is 19.4 Å². The third-order valence-electron chi connectivity index (χ3n) is 2.37. The summed E-state index contributed by atoms with van der Waals surface area (Å²) in [6.07, 6.45) is 0.306. The molecule has 0 aliphatic rings. The minimum absolute atomic E-state index is 0.132. The zero-order chi connectivity index (χ0) is 10.7. The van der Waals surface area contributed by atoms with E-state index in [9.17, 15) is 9.50 Å². The molecule has 2 atom stereocenters. The Morgan fingerprint density at radius 2 is 2.07 bits per heavy atom. The van der Waals surface area contributed by atoms with Crippen LogP contribution in [0.15, 0.2) is 22.7 Å². The van der Waals surface area contributed by atoms with E-state index < -0.39 is 0 Å². The Hall–Kier alpha value is -0.410. The molecule has 1 aromatic rings. The molecular formula is C11H14BrFO. The Morgan fingerprint density at radius 3 is 2.64 bits per heavy atom. The summed E-state index contributed by atoms with van der Waals surface area (Å²) in [6.45, 7) is 3.69. The summed E-state index contributed by atoms with van der Waals surface area (Å²) >= 11 is 3.36. The first-order valence-corrected chi connectivity index (χ1v) is 5.42. The number of benzene rings is 1. The van der Waals surface area contributed by atoms with E-state index >= 15 is 0 Å². The van der Waals surface area contributed by atoms with E-state index in [0.29, 0.717) is 6.42 Å². The van der Waals surface area contributed by atoms with Gasteiger partial charge in [-0.05, 0) is 43.0 Å². The molecule has 1 aromatic carbocycles. The molecule has 0 aromatic heterocycles. The monoisotopic (exact) mass is 260 g/mol. The van der Waals surface area contributed by atoms with Crippen LogP contribution < -0.4 is 0 Å². The molecule has 78 valence electrons. The SMILES string of the molecule is CC(O)C(C)Cc1cc(F)ccc1Br. The maximum atomic E-state index is 12.9. The van der Waals surface area contributed by atoms with E-state index in [1.807, 2.05) is 6.92 Å². The molecule has 0 aliphatic carbocycles. The number of hydrogen-bond donors (Lipinski definition) is 1. The molecule has 1 nitrogen and oxygen atoms in total. The summed E-state index contributed by atoms with van der Waals surface area (Å²) in [5.41, 5.74) is 0.901. The van der Waals surface area contributed by atoms with Crippen LogP contribution in [0.5, 0.6) is 0 Å². The van der Waals surface area contributed by atoms with Gasteiger partial charge in [0.2, 0.25) is 0 Å². The Kier molecular flexibility index (Phi) is 4.08. The van der Waals surface area contributed by atoms with E-state index in [0.717, 1.165) is 10.0 Å². The Balaban J connectivity index is 2.80. The van der Waals surface area contributed by atoms with Crippen molar-refractivity contribution in [1.29, 1.82) is 0 Å². The van der Waals surface area contributed by atoms with Crippen LogP contribution in [0.25, 0.3) is 0 Å². The van der Waals surface area contributed by atoms with Crippen LogP contribution in [0.3, 0.4) is 0 Å². The maximum absolute atomic E-state index is 12.9. The minimum Gasteiger partial charge on any atom is -0.393 e. The van der Waals surface area contributed by atoms with Crippen molar-refractivity contribution in [1.82, 2.24) is 0 Å². The molecule has 0 heterocycles. The molecule has 0 fully saturated rings. The van der Waals surface area contributed by atoms with E-state index in [1.165, 1.54) is 12.1 Å². The zero-order valence-corrected chi connectivity index (χ0v) is 9.88. The van der Waals surface area contributed by atoms with Gasteiger partial charge in [0, 0.05) is 4.47 Å². The Bertz CT molecular complexity index is 312. The van der Waals surface area contributed by atoms with Gasteiger partial charge in [-0.15, -0.1) is 0 Å². The Labute approximate surface area is 92.1 Å². The second-order valence-electron chi connectivity index (χ2n) is 3.66. The van der Waals surface area contributed by atoms with Gasteiger partial charge in [-0.25, -0.2) is 4.39 Å². The van der Waals surface area contributed by atoms with Gasteiger partial charge < -0.3 is 5.11 Å². The van der Waals surface area contributed by atoms with Crippen LogP contribution in [0.4, 0.5) is 4.39 Å². The fraction of sp³-hybridized carbons (Fsp3) is 0.455. The van der Waals surface area contributed by atoms with Crippen molar-refractivity contribution in [3.05, 3.63) is 34.1 Å². The lowest BCUT2D eigenvalue weighted by Gasteiger charge is -2.15. The van der Waals surface area contributed by atoms with Gasteiger partial charge >= 0.3 is 0 Å². The average Bonchev–Trinajstić information content (AvgIpc) is 2.11. The zero-order valence-electron chi connectivity index (χ0n) is 8.30. The highest BCUT2D eigenvalue weighted by Crippen LogP contribution is 2.22. The molecule has 2 unspecified atom stereocenters. The molecule has 0 aliphatic heterocycles. The largest absolute Gasteiger partial charge is 0.393 e. The van der Waals surface area contributed by atoms with Crippen LogP contribution in [0, 0.1) is 11.7 Å². The minimum atomic E-state index is -0.370. The molecule has 0 bridgehead atoms. The molecule has 1 N–H and O–H groups in total. The fourth-order valence-electron chi connectivity index (χ4n) is 1.22. The highest BCUT2D eigenvalue weighted by Gasteiger charge is 2.11. The predicted molar refractivity (Wildman–Crippen MR) is 58.6 cm³/mol. The van der Waals surface area contributed by atoms with Crippen LogP contribution in [-0.2, 0) is 6.42 Å². The smallest absolute Gasteiger partial charge is 0.123 e. The normalized spacial score (nSPS) is 15.2. The fourth-order valence-corrected chi connectivity index (χ4v) is 1.63. The van der Waals surface area contributed by atoms with E-state index in [-0.39, 0.29) is 17.8 Å². The molecule has 0 radical (unpaired) electrons. The van der Waals surface area contributed by atoms with Crippen molar-refractivity contribution < 1.29 is 9.50 Å². The van der Waals surface area contributed by atoms with Gasteiger partial charge in [-0.3, -0.25) is 0 Å². The highest BCUT2D eigenvalue weighted by molar-refractivity contribution is 9.10. The molecule has 0 amide bonds. The van der Waals surface area contributed by atoms with Crippen molar-refractivity contribution in [3.8, 4) is 0 Å². The standard InChI is InChI=1S/C11H14BrFO/c1-7(8(2)14)5-9-6-10(13)3-4-11(9)12/h3-4,6-8,14H,5H2,1-2H3. The summed E-state index contributed by atoms with van der Waals surface area (Å²) in [5, 5.41) is 9.33. The summed E-state index contributed by atoms with van der Waals surface area (Å²) in [7, 11) is 0. The van der Waals surface area contributed by atoms with Gasteiger partial charge in [-0.1, -0.05) is 22.9 Å². The third kappa shape index (κ3) is 3.07. The van der Waals surface area contributed by atoms with Crippen LogP contribution in [0.2, 0.25) is 0 Å². The van der Waals surface area contributed by atoms with Gasteiger partial charge in [0.05, 0.1) is 6.10 Å². The topological polar surface area (TPSA) is 20.2 Å². The lowest BCUT2D eigenvalue weighted by molar-refractivity contribution is 0.135. The summed E-state index contributed by atoms with van der Waals surface area (Å²) in [6, 6.07) is 4.61. The van der Waals surface area contributed by atoms with E-state index in [4.69, 9.17) is 0 Å². The van der Waals surface area contributed by atoms with Crippen LogP contribution >= 0.6 is 15.9 Å². The first-order chi connectivity index (χ1) is 6.50. The van der Waals surface area contributed by atoms with Gasteiger partial charge in [0.15, 0.2) is 0 Å². The average molecular weight is 261 g/mol. The number of halogens is 2. The number of hydrogen-bond acceptors (Lipinski definition) is 1. The highest BCUT2D eigenvalue weighted by atomic mass is 79.9. The van der Waals surface area contributed by atoms with Crippen molar-refractivity contribution in [2.75, 3.05) is 0 Å². The Morgan fingerprint density at radius 1 is 1.43 bits per heavy atom. The van der Waals surface area contributed by atoms with Gasteiger partial charge in [-0.2, -0.15) is 0 Å². The summed E-state index contributed by atoms with van der Waals surface area (Å²) < 4.78 is 13.8. The molecular weight excluding hydrogens is 247 g/mol. The van der Waals surface area contributed by atoms with Gasteiger partial charge in [0.25, 0.3) is 0 Å². The van der Waals surface area contributed by atoms with E-state index in [1.54, 1.807) is 13.0 Å². The predicted octanol–water partition coefficient (Wildman–Crippen LogP) is 3.15. The van der Waals surface area contributed by atoms with Gasteiger partial charge in [0.1, 0.15) is 5.82 Å². The van der Waals surface area contributed by atoms with E-state index in [2.05, 4.69) is 15.9 Å². The van der Waals surface area contributed by atoms with Crippen molar-refractivity contribution in [2.45, 2.75) is 26.4 Å². The second-order valence-corrected chi connectivity index (χ2v) is 4.51. The molecule has 14 heavy (non-hydrogen) atoms. The van der Waals surface area contributed by atoms with Crippen LogP contribution in [-0.4, -0.2) is 11.2 Å². The molecule has 0 saturated carbocycles.